The lowest BCUT2D eigenvalue weighted by atomic mass is 10.1. The van der Waals surface area contributed by atoms with Gasteiger partial charge in [0.2, 0.25) is 0 Å². The monoisotopic (exact) mass is 272 g/mol. The molecule has 1 aromatic rings. The van der Waals surface area contributed by atoms with E-state index >= 15 is 0 Å². The van der Waals surface area contributed by atoms with Gasteiger partial charge in [0.15, 0.2) is 0 Å². The van der Waals surface area contributed by atoms with Crippen LogP contribution in [0.1, 0.15) is 28.8 Å². The van der Waals surface area contributed by atoms with Crippen molar-refractivity contribution in [2.45, 2.75) is 25.8 Å². The van der Waals surface area contributed by atoms with Crippen LogP contribution in [0, 0.1) is 12.7 Å². The van der Waals surface area contributed by atoms with E-state index in [0.717, 1.165) is 19.4 Å². The molecule has 1 atom stereocenters. The number of carbonyl (C=O) groups excluding carboxylic acids is 1. The smallest absolute Gasteiger partial charge is 0.251 e. The number of amides is 1. The molecule has 0 aliphatic carbocycles. The second-order valence-corrected chi connectivity index (χ2v) is 4.47. The molecule has 1 amide bonds. The van der Waals surface area contributed by atoms with Gasteiger partial charge in [-0.2, -0.15) is 0 Å². The van der Waals surface area contributed by atoms with Crippen LogP contribution < -0.4 is 10.6 Å². The number of hydrogen-bond acceptors (Lipinski definition) is 2. The van der Waals surface area contributed by atoms with Crippen LogP contribution in [0.2, 0.25) is 0 Å². The molecule has 1 aliphatic heterocycles. The third-order valence-electron chi connectivity index (χ3n) is 3.11. The fourth-order valence-corrected chi connectivity index (χ4v) is 1.98. The average Bonchev–Trinajstić information content (AvgIpc) is 2.82. The highest BCUT2D eigenvalue weighted by Crippen LogP contribution is 2.09. The summed E-state index contributed by atoms with van der Waals surface area (Å²) in [7, 11) is 0. The molecule has 0 saturated carbocycles. The maximum atomic E-state index is 13.3. The lowest BCUT2D eigenvalue weighted by molar-refractivity contribution is 0.0950. The Morgan fingerprint density at radius 2 is 2.33 bits per heavy atom. The Kier molecular flexibility index (Phi) is 5.56. The van der Waals surface area contributed by atoms with E-state index in [-0.39, 0.29) is 24.1 Å². The minimum atomic E-state index is -0.336. The van der Waals surface area contributed by atoms with Crippen LogP contribution in [0.5, 0.6) is 0 Å². The Morgan fingerprint density at radius 3 is 2.94 bits per heavy atom. The molecular weight excluding hydrogens is 255 g/mol. The molecule has 0 bridgehead atoms. The predicted molar refractivity (Wildman–Crippen MR) is 71.7 cm³/mol. The summed E-state index contributed by atoms with van der Waals surface area (Å²) in [6.45, 7) is 3.30. The van der Waals surface area contributed by atoms with Crippen molar-refractivity contribution in [3.63, 3.8) is 0 Å². The lowest BCUT2D eigenvalue weighted by Crippen LogP contribution is -2.37. The molecule has 100 valence electrons. The molecule has 2 rings (SSSR count). The largest absolute Gasteiger partial charge is 0.350 e. The minimum Gasteiger partial charge on any atom is -0.350 e. The van der Waals surface area contributed by atoms with Gasteiger partial charge in [0.1, 0.15) is 5.82 Å². The Bertz CT molecular complexity index is 419. The van der Waals surface area contributed by atoms with Gasteiger partial charge in [0.25, 0.3) is 5.91 Å². The quantitative estimate of drug-likeness (QED) is 0.884. The molecule has 5 heteroatoms. The van der Waals surface area contributed by atoms with Crippen molar-refractivity contribution in [1.29, 1.82) is 0 Å². The summed E-state index contributed by atoms with van der Waals surface area (Å²) in [6.07, 6.45) is 2.24. The van der Waals surface area contributed by atoms with Crippen LogP contribution in [0.4, 0.5) is 4.39 Å². The fraction of sp³-hybridized carbons (Fsp3) is 0.462. The summed E-state index contributed by atoms with van der Waals surface area (Å²) in [4.78, 5) is 11.8. The van der Waals surface area contributed by atoms with Crippen LogP contribution >= 0.6 is 12.4 Å². The van der Waals surface area contributed by atoms with Crippen LogP contribution in [0.15, 0.2) is 18.2 Å². The number of halogens is 2. The zero-order valence-corrected chi connectivity index (χ0v) is 11.1. The first-order chi connectivity index (χ1) is 8.16. The molecule has 0 radical (unpaired) electrons. The highest BCUT2D eigenvalue weighted by molar-refractivity contribution is 5.94. The first-order valence-electron chi connectivity index (χ1n) is 5.94. The summed E-state index contributed by atoms with van der Waals surface area (Å²) < 4.78 is 13.3. The van der Waals surface area contributed by atoms with Gasteiger partial charge in [-0.15, -0.1) is 12.4 Å². The molecule has 1 heterocycles. The van der Waals surface area contributed by atoms with E-state index < -0.39 is 0 Å². The van der Waals surface area contributed by atoms with E-state index in [0.29, 0.717) is 23.7 Å². The number of hydrogen-bond donors (Lipinski definition) is 2. The molecule has 18 heavy (non-hydrogen) atoms. The fourth-order valence-electron chi connectivity index (χ4n) is 1.98. The van der Waals surface area contributed by atoms with Crippen molar-refractivity contribution in [3.05, 3.63) is 35.1 Å². The highest BCUT2D eigenvalue weighted by Gasteiger charge is 2.15. The van der Waals surface area contributed by atoms with Gasteiger partial charge < -0.3 is 10.6 Å². The average molecular weight is 273 g/mol. The standard InChI is InChI=1S/C13H17FN2O.ClH/c1-9-4-5-10(7-12(9)14)13(17)16-8-11-3-2-6-15-11;/h4-5,7,11,15H,2-3,6,8H2,1H3,(H,16,17);1H. The van der Waals surface area contributed by atoms with Crippen molar-refractivity contribution >= 4 is 18.3 Å². The molecule has 0 spiro atoms. The Balaban J connectivity index is 0.00000162. The summed E-state index contributed by atoms with van der Waals surface area (Å²) in [5.74, 6) is -0.547. The van der Waals surface area contributed by atoms with Crippen LogP contribution in [0.25, 0.3) is 0 Å². The topological polar surface area (TPSA) is 41.1 Å². The summed E-state index contributed by atoms with van der Waals surface area (Å²) in [6, 6.07) is 4.91. The van der Waals surface area contributed by atoms with Crippen molar-refractivity contribution < 1.29 is 9.18 Å². The Hall–Kier alpha value is -1.13. The van der Waals surface area contributed by atoms with E-state index in [9.17, 15) is 9.18 Å². The maximum Gasteiger partial charge on any atom is 0.251 e. The molecule has 1 saturated heterocycles. The minimum absolute atomic E-state index is 0. The Morgan fingerprint density at radius 1 is 1.56 bits per heavy atom. The van der Waals surface area contributed by atoms with Gasteiger partial charge in [-0.05, 0) is 44.0 Å². The van der Waals surface area contributed by atoms with E-state index in [1.807, 2.05) is 0 Å². The maximum absolute atomic E-state index is 13.3. The Labute approximate surface area is 113 Å². The second-order valence-electron chi connectivity index (χ2n) is 4.47. The van der Waals surface area contributed by atoms with Crippen LogP contribution in [-0.2, 0) is 0 Å². The summed E-state index contributed by atoms with van der Waals surface area (Å²) in [5.41, 5.74) is 0.935. The van der Waals surface area contributed by atoms with Crippen LogP contribution in [-0.4, -0.2) is 25.0 Å². The second kappa shape index (κ2) is 6.71. The summed E-state index contributed by atoms with van der Waals surface area (Å²) >= 11 is 0. The van der Waals surface area contributed by atoms with Crippen molar-refractivity contribution in [2.24, 2.45) is 0 Å². The van der Waals surface area contributed by atoms with Crippen molar-refractivity contribution in [3.8, 4) is 0 Å². The molecule has 2 N–H and O–H groups in total. The molecule has 1 fully saturated rings. The SMILES string of the molecule is Cc1ccc(C(=O)NCC2CCCN2)cc1F.Cl. The number of benzene rings is 1. The third kappa shape index (κ3) is 3.68. The van der Waals surface area contributed by atoms with E-state index in [4.69, 9.17) is 0 Å². The van der Waals surface area contributed by atoms with Gasteiger partial charge in [0.05, 0.1) is 0 Å². The first kappa shape index (κ1) is 14.9. The third-order valence-corrected chi connectivity index (χ3v) is 3.11. The van der Waals surface area contributed by atoms with Gasteiger partial charge in [0, 0.05) is 18.2 Å². The van der Waals surface area contributed by atoms with Gasteiger partial charge >= 0.3 is 0 Å². The number of rotatable bonds is 3. The van der Waals surface area contributed by atoms with Gasteiger partial charge in [-0.3, -0.25) is 4.79 Å². The van der Waals surface area contributed by atoms with Crippen molar-refractivity contribution in [2.75, 3.05) is 13.1 Å². The zero-order valence-electron chi connectivity index (χ0n) is 10.3. The van der Waals surface area contributed by atoms with Gasteiger partial charge in [-0.25, -0.2) is 4.39 Å². The predicted octanol–water partition coefficient (Wildman–Crippen LogP) is 2.04. The molecule has 0 aromatic heterocycles. The molecule has 1 aliphatic rings. The molecular formula is C13H18ClFN2O. The molecule has 1 unspecified atom stereocenters. The number of nitrogens with one attached hydrogen (secondary N) is 2. The van der Waals surface area contributed by atoms with Gasteiger partial charge in [-0.1, -0.05) is 6.07 Å². The van der Waals surface area contributed by atoms with Crippen molar-refractivity contribution in [1.82, 2.24) is 10.6 Å². The van der Waals surface area contributed by atoms with E-state index in [1.165, 1.54) is 6.07 Å². The highest BCUT2D eigenvalue weighted by atomic mass is 35.5. The number of carbonyl (C=O) groups is 1. The number of aryl methyl sites for hydroxylation is 1. The molecule has 1 aromatic carbocycles. The molecule has 3 nitrogen and oxygen atoms in total. The normalized spacial score (nSPS) is 18.2. The van der Waals surface area contributed by atoms with E-state index in [1.54, 1.807) is 19.1 Å². The summed E-state index contributed by atoms with van der Waals surface area (Å²) in [5, 5.41) is 6.11. The van der Waals surface area contributed by atoms with Crippen LogP contribution in [0.3, 0.4) is 0 Å². The zero-order chi connectivity index (χ0) is 12.3. The van der Waals surface area contributed by atoms with E-state index in [2.05, 4.69) is 10.6 Å². The first-order valence-corrected chi connectivity index (χ1v) is 5.94. The lowest BCUT2D eigenvalue weighted by Gasteiger charge is -2.11.